The summed E-state index contributed by atoms with van der Waals surface area (Å²) in [6.45, 7) is 0.423. The van der Waals surface area contributed by atoms with Crippen molar-refractivity contribution in [3.05, 3.63) is 65.7 Å². The Bertz CT molecular complexity index is 905. The minimum Gasteiger partial charge on any atom is -0.492 e. The molecule has 0 aliphatic rings. The van der Waals surface area contributed by atoms with E-state index >= 15 is 0 Å². The zero-order valence-corrected chi connectivity index (χ0v) is 12.7. The van der Waals surface area contributed by atoms with Crippen molar-refractivity contribution in [1.29, 1.82) is 5.26 Å². The number of ether oxygens (including phenoxy) is 1. The molecule has 6 heteroatoms. The second-order valence-electron chi connectivity index (χ2n) is 5.04. The number of hydrogen-bond acceptors (Lipinski definition) is 6. The predicted octanol–water partition coefficient (Wildman–Crippen LogP) is 2.88. The maximum absolute atomic E-state index is 9.77. The van der Waals surface area contributed by atoms with Gasteiger partial charge in [0.1, 0.15) is 24.0 Å². The Balaban J connectivity index is 1.90. The minimum atomic E-state index is -0.435. The van der Waals surface area contributed by atoms with Crippen LogP contribution < -0.4 is 10.5 Å². The fourth-order valence-corrected chi connectivity index (χ4v) is 2.25. The third-order valence-corrected chi connectivity index (χ3v) is 3.37. The molecule has 0 radical (unpaired) electrons. The van der Waals surface area contributed by atoms with E-state index in [4.69, 9.17) is 10.5 Å². The zero-order valence-electron chi connectivity index (χ0n) is 12.7. The first-order chi connectivity index (χ1) is 11.7. The maximum Gasteiger partial charge on any atom is 0.234 e. The van der Waals surface area contributed by atoms with E-state index in [0.29, 0.717) is 17.9 Å². The fourth-order valence-electron chi connectivity index (χ4n) is 2.25. The van der Waals surface area contributed by atoms with Crippen LogP contribution in [0.3, 0.4) is 0 Å². The third-order valence-electron chi connectivity index (χ3n) is 3.37. The van der Waals surface area contributed by atoms with Crippen LogP contribution >= 0.6 is 0 Å². The summed E-state index contributed by atoms with van der Waals surface area (Å²) in [5, 5.41) is 19.0. The number of aromatic hydroxyl groups is 1. The molecule has 0 aliphatic carbocycles. The van der Waals surface area contributed by atoms with Crippen molar-refractivity contribution in [3.8, 4) is 29.0 Å². The van der Waals surface area contributed by atoms with Gasteiger partial charge in [0, 0.05) is 5.56 Å². The van der Waals surface area contributed by atoms with Gasteiger partial charge in [-0.2, -0.15) is 10.2 Å². The molecule has 0 amide bonds. The first-order valence-electron chi connectivity index (χ1n) is 7.21. The van der Waals surface area contributed by atoms with Gasteiger partial charge in [0.25, 0.3) is 0 Å². The van der Waals surface area contributed by atoms with Gasteiger partial charge in [-0.15, -0.1) is 0 Å². The molecule has 3 rings (SSSR count). The van der Waals surface area contributed by atoms with E-state index in [1.807, 2.05) is 42.5 Å². The fraction of sp³-hybridized carbons (Fsp3) is 0.0556. The van der Waals surface area contributed by atoms with Crippen LogP contribution in [0.4, 0.5) is 5.95 Å². The summed E-state index contributed by atoms with van der Waals surface area (Å²) in [7, 11) is 0. The van der Waals surface area contributed by atoms with E-state index in [1.165, 1.54) is 0 Å². The third kappa shape index (κ3) is 3.25. The van der Waals surface area contributed by atoms with E-state index in [1.54, 1.807) is 18.2 Å². The molecule has 2 aromatic carbocycles. The molecule has 0 spiro atoms. The van der Waals surface area contributed by atoms with Crippen LogP contribution in [0.5, 0.6) is 11.6 Å². The molecule has 24 heavy (non-hydrogen) atoms. The van der Waals surface area contributed by atoms with E-state index in [9.17, 15) is 10.4 Å². The number of nitrogen functional groups attached to an aromatic ring is 1. The molecule has 1 heterocycles. The average Bonchev–Trinajstić information content (AvgIpc) is 2.60. The van der Waals surface area contributed by atoms with Gasteiger partial charge in [0.2, 0.25) is 11.8 Å². The van der Waals surface area contributed by atoms with Crippen LogP contribution in [0.2, 0.25) is 0 Å². The molecule has 6 nitrogen and oxygen atoms in total. The summed E-state index contributed by atoms with van der Waals surface area (Å²) in [5.74, 6) is 0.0876. The molecule has 0 unspecified atom stereocenters. The summed E-state index contributed by atoms with van der Waals surface area (Å²) in [6, 6.07) is 18.8. The molecule has 0 atom stereocenters. The van der Waals surface area contributed by atoms with Crippen molar-refractivity contribution in [3.63, 3.8) is 0 Å². The van der Waals surface area contributed by atoms with Crippen molar-refractivity contribution in [2.45, 2.75) is 6.61 Å². The molecule has 3 aromatic rings. The summed E-state index contributed by atoms with van der Waals surface area (Å²) >= 11 is 0. The van der Waals surface area contributed by atoms with Gasteiger partial charge in [-0.25, -0.2) is 4.98 Å². The molecule has 0 saturated carbocycles. The zero-order chi connectivity index (χ0) is 16.9. The van der Waals surface area contributed by atoms with Crippen LogP contribution in [0.25, 0.3) is 11.3 Å². The smallest absolute Gasteiger partial charge is 0.234 e. The number of nitrogens with two attached hydrogens (primary N) is 1. The maximum atomic E-state index is 9.77. The Labute approximate surface area is 138 Å². The Kier molecular flexibility index (Phi) is 4.25. The van der Waals surface area contributed by atoms with E-state index in [0.717, 1.165) is 5.56 Å². The molecule has 0 saturated heterocycles. The molecule has 0 bridgehead atoms. The number of nitrogens with zero attached hydrogens (tertiary/aromatic N) is 3. The lowest BCUT2D eigenvalue weighted by Crippen LogP contribution is -2.00. The average molecular weight is 318 g/mol. The first-order valence-corrected chi connectivity index (χ1v) is 7.21. The second kappa shape index (κ2) is 6.67. The topological polar surface area (TPSA) is 105 Å². The number of aromatic nitrogens is 2. The molecular weight excluding hydrogens is 304 g/mol. The number of rotatable bonds is 4. The van der Waals surface area contributed by atoms with Gasteiger partial charge >= 0.3 is 0 Å². The Morgan fingerprint density at radius 1 is 1.08 bits per heavy atom. The minimum absolute atomic E-state index is 0.0237. The van der Waals surface area contributed by atoms with Crippen molar-refractivity contribution in [2.24, 2.45) is 0 Å². The summed E-state index contributed by atoms with van der Waals surface area (Å²) in [6.07, 6.45) is 0. The van der Waals surface area contributed by atoms with Gasteiger partial charge in [0.15, 0.2) is 0 Å². The van der Waals surface area contributed by atoms with Crippen molar-refractivity contribution < 1.29 is 9.84 Å². The van der Waals surface area contributed by atoms with Crippen LogP contribution in [-0.2, 0) is 6.61 Å². The predicted molar refractivity (Wildman–Crippen MR) is 89.0 cm³/mol. The van der Waals surface area contributed by atoms with Crippen molar-refractivity contribution in [1.82, 2.24) is 9.97 Å². The normalized spacial score (nSPS) is 10.1. The lowest BCUT2D eigenvalue weighted by Gasteiger charge is -2.09. The highest BCUT2D eigenvalue weighted by molar-refractivity contribution is 5.70. The Morgan fingerprint density at radius 2 is 1.88 bits per heavy atom. The molecule has 3 N–H and O–H groups in total. The van der Waals surface area contributed by atoms with Crippen molar-refractivity contribution >= 4 is 5.95 Å². The summed E-state index contributed by atoms with van der Waals surface area (Å²) in [4.78, 5) is 7.66. The standard InChI is InChI=1S/C18H14N4O2/c19-10-15-16(21-18(20)22-17(15)23)13-7-4-8-14(9-13)24-11-12-5-2-1-3-6-12/h1-9H,11H2,(H3,20,21,22,23). The van der Waals surface area contributed by atoms with Crippen LogP contribution in [0.1, 0.15) is 11.1 Å². The highest BCUT2D eigenvalue weighted by Gasteiger charge is 2.15. The highest BCUT2D eigenvalue weighted by atomic mass is 16.5. The van der Waals surface area contributed by atoms with E-state index in [-0.39, 0.29) is 17.2 Å². The monoisotopic (exact) mass is 318 g/mol. The Morgan fingerprint density at radius 3 is 2.62 bits per heavy atom. The van der Waals surface area contributed by atoms with Gasteiger partial charge < -0.3 is 15.6 Å². The molecular formula is C18H14N4O2. The molecule has 0 aliphatic heterocycles. The number of nitriles is 1. The summed E-state index contributed by atoms with van der Waals surface area (Å²) < 4.78 is 5.77. The molecule has 118 valence electrons. The van der Waals surface area contributed by atoms with Crippen molar-refractivity contribution in [2.75, 3.05) is 5.73 Å². The SMILES string of the molecule is N#Cc1c(O)nc(N)nc1-c1cccc(OCc2ccccc2)c1. The number of hydrogen-bond donors (Lipinski definition) is 2. The van der Waals surface area contributed by atoms with Crippen LogP contribution in [0.15, 0.2) is 54.6 Å². The largest absolute Gasteiger partial charge is 0.492 e. The lowest BCUT2D eigenvalue weighted by atomic mass is 10.1. The number of anilines is 1. The van der Waals surface area contributed by atoms with Gasteiger partial charge in [-0.3, -0.25) is 0 Å². The molecule has 1 aromatic heterocycles. The van der Waals surface area contributed by atoms with E-state index in [2.05, 4.69) is 9.97 Å². The second-order valence-corrected chi connectivity index (χ2v) is 5.04. The van der Waals surface area contributed by atoms with Crippen LogP contribution in [0, 0.1) is 11.3 Å². The quantitative estimate of drug-likeness (QED) is 0.766. The highest BCUT2D eigenvalue weighted by Crippen LogP contribution is 2.29. The van der Waals surface area contributed by atoms with E-state index < -0.39 is 5.88 Å². The van der Waals surface area contributed by atoms with Crippen LogP contribution in [-0.4, -0.2) is 15.1 Å². The lowest BCUT2D eigenvalue weighted by molar-refractivity contribution is 0.306. The summed E-state index contributed by atoms with van der Waals surface area (Å²) in [5.41, 5.74) is 7.48. The van der Waals surface area contributed by atoms with Gasteiger partial charge in [-0.05, 0) is 17.7 Å². The Hall–Kier alpha value is -3.59. The van der Waals surface area contributed by atoms with Gasteiger partial charge in [0.05, 0.1) is 5.69 Å². The number of benzene rings is 2. The van der Waals surface area contributed by atoms with Gasteiger partial charge in [-0.1, -0.05) is 42.5 Å². The first kappa shape index (κ1) is 15.3. The molecule has 0 fully saturated rings.